The molecule has 1 aliphatic rings. The third kappa shape index (κ3) is 3.98. The minimum atomic E-state index is -0.239. The Hall–Kier alpha value is -2.04. The zero-order valence-corrected chi connectivity index (χ0v) is 11.0. The van der Waals surface area contributed by atoms with E-state index in [2.05, 4.69) is 10.6 Å². The van der Waals surface area contributed by atoms with Crippen LogP contribution in [0, 0.1) is 6.92 Å². The fourth-order valence-corrected chi connectivity index (χ4v) is 1.80. The van der Waals surface area contributed by atoms with Crippen LogP contribution in [0.1, 0.15) is 35.2 Å². The second-order valence-corrected chi connectivity index (χ2v) is 4.94. The Kier molecular flexibility index (Phi) is 4.04. The molecule has 1 saturated carbocycles. The summed E-state index contributed by atoms with van der Waals surface area (Å²) in [7, 11) is 0. The highest BCUT2D eigenvalue weighted by Crippen LogP contribution is 2.18. The summed E-state index contributed by atoms with van der Waals surface area (Å²) < 4.78 is 0. The number of hydrogen-bond acceptors (Lipinski definition) is 3. The number of nitrogens with two attached hydrogens (primary N) is 1. The molecular weight excluding hydrogens is 242 g/mol. The van der Waals surface area contributed by atoms with Gasteiger partial charge in [-0.3, -0.25) is 9.59 Å². The van der Waals surface area contributed by atoms with Crippen LogP contribution in [-0.2, 0) is 4.79 Å². The van der Waals surface area contributed by atoms with Gasteiger partial charge in [0.2, 0.25) is 5.91 Å². The quantitative estimate of drug-likeness (QED) is 0.691. The second-order valence-electron chi connectivity index (χ2n) is 4.94. The molecular formula is C14H19N3O2. The van der Waals surface area contributed by atoms with Crippen LogP contribution in [0.2, 0.25) is 0 Å². The molecule has 0 aliphatic heterocycles. The van der Waals surface area contributed by atoms with Gasteiger partial charge in [-0.05, 0) is 37.5 Å². The first-order chi connectivity index (χ1) is 9.06. The molecule has 5 nitrogen and oxygen atoms in total. The summed E-state index contributed by atoms with van der Waals surface area (Å²) in [4.78, 5) is 23.3. The molecule has 5 heteroatoms. The fourth-order valence-electron chi connectivity index (χ4n) is 1.80. The number of benzene rings is 1. The molecule has 2 amide bonds. The van der Waals surface area contributed by atoms with E-state index in [1.165, 1.54) is 0 Å². The first-order valence-electron chi connectivity index (χ1n) is 6.50. The predicted molar refractivity (Wildman–Crippen MR) is 73.7 cm³/mol. The van der Waals surface area contributed by atoms with Crippen LogP contribution in [0.3, 0.4) is 0 Å². The first-order valence-corrected chi connectivity index (χ1v) is 6.50. The van der Waals surface area contributed by atoms with Crippen molar-refractivity contribution >= 4 is 17.5 Å². The van der Waals surface area contributed by atoms with E-state index in [4.69, 9.17) is 5.73 Å². The number of nitrogens with one attached hydrogen (secondary N) is 2. The number of anilines is 1. The topological polar surface area (TPSA) is 84.2 Å². The van der Waals surface area contributed by atoms with Gasteiger partial charge in [0.05, 0.1) is 5.56 Å². The van der Waals surface area contributed by atoms with Crippen molar-refractivity contribution in [1.82, 2.24) is 10.6 Å². The lowest BCUT2D eigenvalue weighted by Gasteiger charge is -2.08. The lowest BCUT2D eigenvalue weighted by Crippen LogP contribution is -2.31. The largest absolute Gasteiger partial charge is 0.398 e. The van der Waals surface area contributed by atoms with Gasteiger partial charge >= 0.3 is 0 Å². The number of aryl methyl sites for hydroxylation is 1. The molecule has 19 heavy (non-hydrogen) atoms. The fraction of sp³-hybridized carbons (Fsp3) is 0.429. The van der Waals surface area contributed by atoms with Crippen molar-refractivity contribution in [2.24, 2.45) is 0 Å². The van der Waals surface area contributed by atoms with Crippen LogP contribution >= 0.6 is 0 Å². The first kappa shape index (κ1) is 13.4. The molecule has 0 bridgehead atoms. The molecule has 1 aromatic carbocycles. The van der Waals surface area contributed by atoms with Crippen molar-refractivity contribution in [2.45, 2.75) is 32.2 Å². The van der Waals surface area contributed by atoms with Crippen molar-refractivity contribution in [3.63, 3.8) is 0 Å². The molecule has 0 radical (unpaired) electrons. The number of carbonyl (C=O) groups excluding carboxylic acids is 2. The zero-order chi connectivity index (χ0) is 13.8. The van der Waals surface area contributed by atoms with Gasteiger partial charge in [0.1, 0.15) is 0 Å². The van der Waals surface area contributed by atoms with E-state index in [1.807, 2.05) is 13.0 Å². The third-order valence-electron chi connectivity index (χ3n) is 3.03. The summed E-state index contributed by atoms with van der Waals surface area (Å²) in [6.07, 6.45) is 2.43. The van der Waals surface area contributed by atoms with E-state index in [9.17, 15) is 9.59 Å². The highest BCUT2D eigenvalue weighted by atomic mass is 16.2. The molecule has 0 unspecified atom stereocenters. The van der Waals surface area contributed by atoms with Gasteiger partial charge in [-0.2, -0.15) is 0 Å². The molecule has 4 N–H and O–H groups in total. The summed E-state index contributed by atoms with van der Waals surface area (Å²) >= 11 is 0. The van der Waals surface area contributed by atoms with Gasteiger partial charge in [0.25, 0.3) is 5.91 Å². The van der Waals surface area contributed by atoms with Crippen LogP contribution in [0.5, 0.6) is 0 Å². The molecule has 0 saturated heterocycles. The van der Waals surface area contributed by atoms with Crippen LogP contribution in [-0.4, -0.2) is 24.4 Å². The Labute approximate surface area is 112 Å². The smallest absolute Gasteiger partial charge is 0.253 e. The second kappa shape index (κ2) is 5.73. The average Bonchev–Trinajstić information content (AvgIpc) is 3.12. The average molecular weight is 261 g/mol. The minimum absolute atomic E-state index is 0.0142. The van der Waals surface area contributed by atoms with E-state index in [0.717, 1.165) is 18.4 Å². The maximum Gasteiger partial charge on any atom is 0.253 e. The SMILES string of the molecule is Cc1ccc(C(=O)NCCC(=O)NC2CC2)c(N)c1. The van der Waals surface area contributed by atoms with Crippen LogP contribution in [0.25, 0.3) is 0 Å². The number of amides is 2. The van der Waals surface area contributed by atoms with Gasteiger partial charge in [-0.1, -0.05) is 6.07 Å². The molecule has 1 aromatic rings. The molecule has 0 aromatic heterocycles. The number of nitrogen functional groups attached to an aromatic ring is 1. The van der Waals surface area contributed by atoms with Crippen molar-refractivity contribution in [3.8, 4) is 0 Å². The monoisotopic (exact) mass is 261 g/mol. The highest BCUT2D eigenvalue weighted by Gasteiger charge is 2.22. The molecule has 0 atom stereocenters. The number of carbonyl (C=O) groups is 2. The molecule has 1 aliphatic carbocycles. The van der Waals surface area contributed by atoms with E-state index >= 15 is 0 Å². The van der Waals surface area contributed by atoms with E-state index < -0.39 is 0 Å². The Bertz CT molecular complexity index is 495. The molecule has 1 fully saturated rings. The molecule has 102 valence electrons. The van der Waals surface area contributed by atoms with E-state index in [0.29, 0.717) is 30.3 Å². The predicted octanol–water partition coefficient (Wildman–Crippen LogP) is 0.976. The normalized spacial score (nSPS) is 13.9. The molecule has 2 rings (SSSR count). The summed E-state index contributed by atoms with van der Waals surface area (Å²) in [6, 6.07) is 5.65. The van der Waals surface area contributed by atoms with Crippen molar-refractivity contribution in [3.05, 3.63) is 29.3 Å². The summed E-state index contributed by atoms with van der Waals surface area (Å²) in [5.41, 5.74) is 7.71. The van der Waals surface area contributed by atoms with Gasteiger partial charge < -0.3 is 16.4 Å². The van der Waals surface area contributed by atoms with Crippen LogP contribution in [0.4, 0.5) is 5.69 Å². The van der Waals surface area contributed by atoms with E-state index in [-0.39, 0.29) is 11.8 Å². The summed E-state index contributed by atoms with van der Waals surface area (Å²) in [6.45, 7) is 2.24. The Balaban J connectivity index is 1.78. The van der Waals surface area contributed by atoms with Crippen LogP contribution in [0.15, 0.2) is 18.2 Å². The number of rotatable bonds is 5. The van der Waals surface area contributed by atoms with Gasteiger partial charge in [0, 0.05) is 24.7 Å². The maximum absolute atomic E-state index is 11.9. The Morgan fingerprint density at radius 3 is 2.74 bits per heavy atom. The number of hydrogen-bond donors (Lipinski definition) is 3. The zero-order valence-electron chi connectivity index (χ0n) is 11.0. The summed E-state index contributed by atoms with van der Waals surface area (Å²) in [5, 5.41) is 5.58. The van der Waals surface area contributed by atoms with Gasteiger partial charge in [-0.25, -0.2) is 0 Å². The minimum Gasteiger partial charge on any atom is -0.398 e. The van der Waals surface area contributed by atoms with Crippen molar-refractivity contribution < 1.29 is 9.59 Å². The van der Waals surface area contributed by atoms with Crippen molar-refractivity contribution in [2.75, 3.05) is 12.3 Å². The standard InChI is InChI=1S/C14H19N3O2/c1-9-2-5-11(12(15)8-9)14(19)16-7-6-13(18)17-10-3-4-10/h2,5,8,10H,3-4,6-7,15H2,1H3,(H,16,19)(H,17,18). The lowest BCUT2D eigenvalue weighted by atomic mass is 10.1. The maximum atomic E-state index is 11.9. The van der Waals surface area contributed by atoms with Crippen LogP contribution < -0.4 is 16.4 Å². The van der Waals surface area contributed by atoms with Gasteiger partial charge in [-0.15, -0.1) is 0 Å². The lowest BCUT2D eigenvalue weighted by molar-refractivity contribution is -0.121. The Morgan fingerprint density at radius 1 is 1.37 bits per heavy atom. The van der Waals surface area contributed by atoms with E-state index in [1.54, 1.807) is 12.1 Å². The summed E-state index contributed by atoms with van der Waals surface area (Å²) in [5.74, 6) is -0.253. The Morgan fingerprint density at radius 2 is 2.11 bits per heavy atom. The molecule has 0 heterocycles. The molecule has 0 spiro atoms. The third-order valence-corrected chi connectivity index (χ3v) is 3.03. The van der Waals surface area contributed by atoms with Crippen molar-refractivity contribution in [1.29, 1.82) is 0 Å². The van der Waals surface area contributed by atoms with Gasteiger partial charge in [0.15, 0.2) is 0 Å². The highest BCUT2D eigenvalue weighted by molar-refractivity contribution is 5.99.